The van der Waals surface area contributed by atoms with Crippen molar-refractivity contribution in [2.45, 2.75) is 0 Å². The molecule has 3 aromatic heterocycles. The molecule has 40 heavy (non-hydrogen) atoms. The van der Waals surface area contributed by atoms with Crippen LogP contribution in [-0.4, -0.2) is 20.1 Å². The van der Waals surface area contributed by atoms with Crippen LogP contribution in [0.3, 0.4) is 0 Å². The summed E-state index contributed by atoms with van der Waals surface area (Å²) in [5.41, 5.74) is 9.72. The van der Waals surface area contributed by atoms with E-state index in [9.17, 15) is 5.11 Å². The molecular formula is C35H23N3O2. The Hall–Kier alpha value is -5.55. The van der Waals surface area contributed by atoms with E-state index in [0.29, 0.717) is 22.6 Å². The molecule has 7 rings (SSSR count). The number of aromatic hydroxyl groups is 1. The number of phenolic OH excluding ortho intramolecular Hbond substituents is 1. The first kappa shape index (κ1) is 23.6. The van der Waals surface area contributed by atoms with E-state index in [1.54, 1.807) is 12.4 Å². The lowest BCUT2D eigenvalue weighted by molar-refractivity contribution is 0.476. The molecule has 0 spiro atoms. The Bertz CT molecular complexity index is 1900. The molecule has 0 atom stereocenters. The van der Waals surface area contributed by atoms with Gasteiger partial charge in [0.1, 0.15) is 11.3 Å². The highest BCUT2D eigenvalue weighted by atomic mass is 16.3. The monoisotopic (exact) mass is 517 g/mol. The standard InChI is InChI=1S/C35H23N3O2/c39-34-30(26-15-13-24(14-16-26)28-6-4-18-37-22-28)19-29(20-31(34)35-38-32-7-1-2-8-33(32)40-35)25-11-9-23(10-12-25)27-5-3-17-36-21-27/h1-22,39H. The van der Waals surface area contributed by atoms with Crippen LogP contribution in [-0.2, 0) is 0 Å². The first-order chi connectivity index (χ1) is 19.7. The minimum absolute atomic E-state index is 0.122. The third kappa shape index (κ3) is 4.40. The van der Waals surface area contributed by atoms with E-state index >= 15 is 0 Å². The van der Waals surface area contributed by atoms with Gasteiger partial charge in [-0.1, -0.05) is 72.8 Å². The summed E-state index contributed by atoms with van der Waals surface area (Å²) in [6.45, 7) is 0. The number of phenols is 1. The number of hydrogen-bond acceptors (Lipinski definition) is 5. The molecule has 0 fully saturated rings. The third-order valence-electron chi connectivity index (χ3n) is 7.04. The van der Waals surface area contributed by atoms with Gasteiger partial charge in [-0.05, 0) is 75.3 Å². The number of para-hydroxylation sites is 2. The van der Waals surface area contributed by atoms with Gasteiger partial charge in [0.25, 0.3) is 0 Å². The van der Waals surface area contributed by atoms with Crippen LogP contribution in [0.1, 0.15) is 0 Å². The molecule has 5 heteroatoms. The average Bonchev–Trinajstić information content (AvgIpc) is 3.47. The highest BCUT2D eigenvalue weighted by Gasteiger charge is 2.19. The summed E-state index contributed by atoms with van der Waals surface area (Å²) < 4.78 is 6.09. The first-order valence-electron chi connectivity index (χ1n) is 13.0. The first-order valence-corrected chi connectivity index (χ1v) is 13.0. The molecule has 0 aliphatic carbocycles. The molecule has 0 saturated heterocycles. The second-order valence-electron chi connectivity index (χ2n) is 9.54. The summed E-state index contributed by atoms with van der Waals surface area (Å²) in [6, 6.07) is 35.9. The van der Waals surface area contributed by atoms with E-state index in [2.05, 4.69) is 39.2 Å². The number of fused-ring (bicyclic) bond motifs is 1. The van der Waals surface area contributed by atoms with Gasteiger partial charge < -0.3 is 9.52 Å². The third-order valence-corrected chi connectivity index (χ3v) is 7.04. The molecule has 0 bridgehead atoms. The lowest BCUT2D eigenvalue weighted by Gasteiger charge is -2.13. The van der Waals surface area contributed by atoms with Crippen LogP contribution in [0.25, 0.3) is 67.1 Å². The molecule has 0 amide bonds. The Balaban J connectivity index is 1.36. The quantitative estimate of drug-likeness (QED) is 0.247. The van der Waals surface area contributed by atoms with E-state index in [4.69, 9.17) is 4.42 Å². The maximum Gasteiger partial charge on any atom is 0.231 e. The number of hydrogen-bond donors (Lipinski definition) is 1. The van der Waals surface area contributed by atoms with Gasteiger partial charge in [-0.15, -0.1) is 0 Å². The Labute approximate surface area is 231 Å². The number of nitrogens with zero attached hydrogens (tertiary/aromatic N) is 3. The molecule has 0 unspecified atom stereocenters. The molecule has 190 valence electrons. The molecule has 4 aromatic carbocycles. The second kappa shape index (κ2) is 9.97. The predicted octanol–water partition coefficient (Wildman–Crippen LogP) is 8.66. The summed E-state index contributed by atoms with van der Waals surface area (Å²) >= 11 is 0. The van der Waals surface area contributed by atoms with Crippen molar-refractivity contribution in [3.8, 4) is 61.7 Å². The maximum absolute atomic E-state index is 11.6. The molecule has 3 heterocycles. The highest BCUT2D eigenvalue weighted by Crippen LogP contribution is 2.43. The van der Waals surface area contributed by atoms with Crippen molar-refractivity contribution in [3.05, 3.63) is 134 Å². The largest absolute Gasteiger partial charge is 0.506 e. The van der Waals surface area contributed by atoms with Gasteiger partial charge in [-0.25, -0.2) is 4.98 Å². The van der Waals surface area contributed by atoms with Gasteiger partial charge in [0.15, 0.2) is 5.58 Å². The minimum atomic E-state index is 0.122. The van der Waals surface area contributed by atoms with Crippen LogP contribution in [0.5, 0.6) is 5.75 Å². The fraction of sp³-hybridized carbons (Fsp3) is 0. The Morgan fingerprint density at radius 2 is 1.05 bits per heavy atom. The molecule has 0 aliphatic heterocycles. The fourth-order valence-electron chi connectivity index (χ4n) is 4.94. The second-order valence-corrected chi connectivity index (χ2v) is 9.54. The lowest BCUT2D eigenvalue weighted by atomic mass is 9.93. The van der Waals surface area contributed by atoms with Gasteiger partial charge >= 0.3 is 0 Å². The van der Waals surface area contributed by atoms with Crippen molar-refractivity contribution < 1.29 is 9.52 Å². The van der Waals surface area contributed by atoms with Crippen LogP contribution in [0.2, 0.25) is 0 Å². The van der Waals surface area contributed by atoms with Crippen LogP contribution >= 0.6 is 0 Å². The van der Waals surface area contributed by atoms with Crippen molar-refractivity contribution in [1.82, 2.24) is 15.0 Å². The Morgan fingerprint density at radius 3 is 1.62 bits per heavy atom. The van der Waals surface area contributed by atoms with E-state index in [1.165, 1.54) is 0 Å². The van der Waals surface area contributed by atoms with Crippen LogP contribution in [0.4, 0.5) is 0 Å². The zero-order valence-corrected chi connectivity index (χ0v) is 21.4. The van der Waals surface area contributed by atoms with Gasteiger partial charge in [0.05, 0.1) is 5.56 Å². The number of pyridine rings is 2. The van der Waals surface area contributed by atoms with Crippen molar-refractivity contribution in [2.75, 3.05) is 0 Å². The Kier molecular flexibility index (Phi) is 5.87. The topological polar surface area (TPSA) is 72.0 Å². The SMILES string of the molecule is Oc1c(-c2ccc(-c3cccnc3)cc2)cc(-c2ccc(-c3cccnc3)cc2)cc1-c1nc2ccccc2o1. The van der Waals surface area contributed by atoms with Gasteiger partial charge in [0.2, 0.25) is 5.89 Å². The van der Waals surface area contributed by atoms with Crippen molar-refractivity contribution in [1.29, 1.82) is 0 Å². The van der Waals surface area contributed by atoms with Crippen LogP contribution in [0, 0.1) is 0 Å². The predicted molar refractivity (Wildman–Crippen MR) is 158 cm³/mol. The summed E-state index contributed by atoms with van der Waals surface area (Å²) in [5, 5.41) is 11.6. The number of benzene rings is 4. The molecule has 0 aliphatic rings. The van der Waals surface area contributed by atoms with E-state index in [1.807, 2.05) is 97.3 Å². The minimum Gasteiger partial charge on any atom is -0.506 e. The average molecular weight is 518 g/mol. The van der Waals surface area contributed by atoms with Crippen molar-refractivity contribution in [2.24, 2.45) is 0 Å². The highest BCUT2D eigenvalue weighted by molar-refractivity contribution is 5.88. The number of rotatable bonds is 5. The lowest BCUT2D eigenvalue weighted by Crippen LogP contribution is -1.89. The summed E-state index contributed by atoms with van der Waals surface area (Å²) in [7, 11) is 0. The Morgan fingerprint density at radius 1 is 0.500 bits per heavy atom. The zero-order chi connectivity index (χ0) is 26.9. The zero-order valence-electron chi connectivity index (χ0n) is 21.4. The maximum atomic E-state index is 11.6. The molecular weight excluding hydrogens is 494 g/mol. The normalized spacial score (nSPS) is 11.1. The smallest absolute Gasteiger partial charge is 0.231 e. The van der Waals surface area contributed by atoms with E-state index in [-0.39, 0.29) is 5.75 Å². The molecule has 1 N–H and O–H groups in total. The van der Waals surface area contributed by atoms with E-state index in [0.717, 1.165) is 44.5 Å². The fourth-order valence-corrected chi connectivity index (χ4v) is 4.94. The van der Waals surface area contributed by atoms with Crippen molar-refractivity contribution >= 4 is 11.1 Å². The van der Waals surface area contributed by atoms with E-state index < -0.39 is 0 Å². The van der Waals surface area contributed by atoms with Crippen LogP contribution in [0.15, 0.2) is 138 Å². The molecule has 7 aromatic rings. The molecule has 0 saturated carbocycles. The van der Waals surface area contributed by atoms with Crippen molar-refractivity contribution in [3.63, 3.8) is 0 Å². The molecule has 0 radical (unpaired) electrons. The summed E-state index contributed by atoms with van der Waals surface area (Å²) in [6.07, 6.45) is 7.23. The summed E-state index contributed by atoms with van der Waals surface area (Å²) in [5.74, 6) is 0.497. The molecule has 5 nitrogen and oxygen atoms in total. The number of oxazole rings is 1. The summed E-state index contributed by atoms with van der Waals surface area (Å²) in [4.78, 5) is 13.1. The van der Waals surface area contributed by atoms with Gasteiger partial charge in [-0.2, -0.15) is 0 Å². The van der Waals surface area contributed by atoms with Crippen LogP contribution < -0.4 is 0 Å². The van der Waals surface area contributed by atoms with Gasteiger partial charge in [-0.3, -0.25) is 9.97 Å². The van der Waals surface area contributed by atoms with Gasteiger partial charge in [0, 0.05) is 30.4 Å². The number of aromatic nitrogens is 3.